The Hall–Kier alpha value is -1.56. The fraction of sp³-hybridized carbons (Fsp3) is 0.704. The number of nitrogens with zero attached hydrogens (tertiary/aromatic N) is 1. The molecule has 4 bridgehead atoms. The number of methoxy groups -OCH3 is 1. The third-order valence-corrected chi connectivity index (χ3v) is 10.1. The molecular formula is C27H37NO4. The van der Waals surface area contributed by atoms with E-state index < -0.39 is 11.2 Å². The summed E-state index contributed by atoms with van der Waals surface area (Å²) in [6.07, 6.45) is 7.09. The molecule has 1 aromatic carbocycles. The average molecular weight is 440 g/mol. The van der Waals surface area contributed by atoms with E-state index in [0.29, 0.717) is 11.8 Å². The van der Waals surface area contributed by atoms with E-state index in [0.717, 1.165) is 45.2 Å². The second kappa shape index (κ2) is 6.31. The molecule has 3 saturated carbocycles. The van der Waals surface area contributed by atoms with E-state index in [1.165, 1.54) is 16.7 Å². The van der Waals surface area contributed by atoms with Crippen LogP contribution in [-0.2, 0) is 16.6 Å². The Labute approximate surface area is 191 Å². The van der Waals surface area contributed by atoms with E-state index in [1.807, 2.05) is 19.9 Å². The van der Waals surface area contributed by atoms with Crippen molar-refractivity contribution < 1.29 is 19.7 Å². The highest BCUT2D eigenvalue weighted by Crippen LogP contribution is 2.77. The van der Waals surface area contributed by atoms with Crippen LogP contribution in [0.1, 0.15) is 64.5 Å². The summed E-state index contributed by atoms with van der Waals surface area (Å²) in [6, 6.07) is 4.34. The zero-order valence-electron chi connectivity index (χ0n) is 20.1. The number of aliphatic hydroxyl groups is 1. The predicted octanol–water partition coefficient (Wildman–Crippen LogP) is 3.94. The maximum absolute atomic E-state index is 11.4. The highest BCUT2D eigenvalue weighted by Gasteiger charge is 2.81. The molecule has 1 saturated heterocycles. The molecule has 0 unspecified atom stereocenters. The van der Waals surface area contributed by atoms with Crippen molar-refractivity contribution in [2.45, 2.75) is 88.6 Å². The van der Waals surface area contributed by atoms with Crippen molar-refractivity contribution in [1.82, 2.24) is 4.90 Å². The lowest BCUT2D eigenvalue weighted by atomic mass is 9.34. The number of allylic oxidation sites excluding steroid dienone is 1. The van der Waals surface area contributed by atoms with Gasteiger partial charge >= 0.3 is 0 Å². The molecule has 6 atom stereocenters. The fourth-order valence-corrected chi connectivity index (χ4v) is 8.90. The molecule has 2 N–H and O–H groups in total. The average Bonchev–Trinajstić information content (AvgIpc) is 3.11. The molecule has 2 heterocycles. The van der Waals surface area contributed by atoms with Crippen molar-refractivity contribution >= 4 is 0 Å². The normalized spacial score (nSPS) is 41.2. The molecule has 2 aliphatic heterocycles. The smallest absolute Gasteiger partial charge is 0.165 e. The standard InChI is InChI=1S/C27H37NO4/c1-16(2)8-12-28-13-11-26-21-17-6-7-18(29)22(21)32-23(26)27(31-5)10-9-25(26,20(28)14-17)15-19(27)24(3,4)30/h6-8,19-20,23,29-30H,9-15H2,1-5H3/t19-,20-,23-,25-,26+,27-/m1/s1. The molecule has 0 aromatic heterocycles. The van der Waals surface area contributed by atoms with E-state index in [9.17, 15) is 10.2 Å². The van der Waals surface area contributed by atoms with Crippen LogP contribution in [0.5, 0.6) is 11.5 Å². The van der Waals surface area contributed by atoms with Gasteiger partial charge < -0.3 is 19.7 Å². The van der Waals surface area contributed by atoms with Crippen LogP contribution >= 0.6 is 0 Å². The van der Waals surface area contributed by atoms with Gasteiger partial charge in [-0.1, -0.05) is 17.7 Å². The second-order valence-corrected chi connectivity index (χ2v) is 11.9. The van der Waals surface area contributed by atoms with E-state index >= 15 is 0 Å². The van der Waals surface area contributed by atoms with Crippen molar-refractivity contribution in [2.75, 3.05) is 20.2 Å². The molecule has 5 heteroatoms. The Morgan fingerprint density at radius 1 is 1.28 bits per heavy atom. The van der Waals surface area contributed by atoms with Gasteiger partial charge in [-0.3, -0.25) is 4.90 Å². The number of rotatable bonds is 4. The van der Waals surface area contributed by atoms with Crippen LogP contribution < -0.4 is 4.74 Å². The Morgan fingerprint density at radius 2 is 2.06 bits per heavy atom. The number of hydrogen-bond donors (Lipinski definition) is 2. The van der Waals surface area contributed by atoms with Gasteiger partial charge in [0, 0.05) is 42.0 Å². The first-order valence-electron chi connectivity index (χ1n) is 12.3. The van der Waals surface area contributed by atoms with E-state index in [4.69, 9.17) is 9.47 Å². The first-order valence-corrected chi connectivity index (χ1v) is 12.3. The third kappa shape index (κ3) is 2.21. The van der Waals surface area contributed by atoms with Gasteiger partial charge in [0.15, 0.2) is 11.5 Å². The summed E-state index contributed by atoms with van der Waals surface area (Å²) in [6.45, 7) is 10.2. The lowest BCUT2D eigenvalue weighted by Crippen LogP contribution is -2.82. The molecule has 0 radical (unpaired) electrons. The van der Waals surface area contributed by atoms with Gasteiger partial charge in [0.2, 0.25) is 0 Å². The first-order chi connectivity index (χ1) is 15.1. The summed E-state index contributed by atoms with van der Waals surface area (Å²) in [5.74, 6) is 0.919. The van der Waals surface area contributed by atoms with Crippen LogP contribution in [-0.4, -0.2) is 58.7 Å². The maximum Gasteiger partial charge on any atom is 0.165 e. The van der Waals surface area contributed by atoms with Gasteiger partial charge in [-0.25, -0.2) is 0 Å². The number of phenols is 1. The van der Waals surface area contributed by atoms with Crippen molar-refractivity contribution in [3.63, 3.8) is 0 Å². The lowest BCUT2D eigenvalue weighted by molar-refractivity contribution is -0.299. The van der Waals surface area contributed by atoms with Crippen molar-refractivity contribution in [3.05, 3.63) is 34.9 Å². The Kier molecular flexibility index (Phi) is 4.14. The first kappa shape index (κ1) is 21.0. The van der Waals surface area contributed by atoms with Gasteiger partial charge in [-0.05, 0) is 78.0 Å². The summed E-state index contributed by atoms with van der Waals surface area (Å²) in [5.41, 5.74) is 2.39. The number of aromatic hydroxyl groups is 1. The van der Waals surface area contributed by atoms with Crippen LogP contribution in [0.15, 0.2) is 23.8 Å². The van der Waals surface area contributed by atoms with E-state index in [1.54, 1.807) is 7.11 Å². The largest absolute Gasteiger partial charge is 0.504 e. The summed E-state index contributed by atoms with van der Waals surface area (Å²) in [5, 5.41) is 22.2. The molecule has 4 fully saturated rings. The minimum atomic E-state index is -0.871. The minimum Gasteiger partial charge on any atom is -0.504 e. The van der Waals surface area contributed by atoms with Crippen LogP contribution in [0, 0.1) is 11.3 Å². The monoisotopic (exact) mass is 439 g/mol. The number of likely N-dealkylation sites (tertiary alicyclic amines) is 1. The molecule has 4 aliphatic carbocycles. The number of piperidine rings is 1. The third-order valence-electron chi connectivity index (χ3n) is 10.1. The number of ether oxygens (including phenoxy) is 2. The van der Waals surface area contributed by atoms with E-state index in [2.05, 4.69) is 30.9 Å². The molecule has 0 amide bonds. The Balaban J connectivity index is 1.61. The van der Waals surface area contributed by atoms with Crippen LogP contribution in [0.2, 0.25) is 0 Å². The molecule has 1 aromatic rings. The summed E-state index contributed by atoms with van der Waals surface area (Å²) in [4.78, 5) is 2.69. The summed E-state index contributed by atoms with van der Waals surface area (Å²) < 4.78 is 13.2. The molecule has 174 valence electrons. The van der Waals surface area contributed by atoms with Crippen molar-refractivity contribution in [2.24, 2.45) is 11.3 Å². The zero-order valence-corrected chi connectivity index (χ0v) is 20.1. The molecule has 2 spiro atoms. The zero-order chi connectivity index (χ0) is 22.7. The van der Waals surface area contributed by atoms with Gasteiger partial charge in [0.25, 0.3) is 0 Å². The molecule has 6 aliphatic rings. The highest BCUT2D eigenvalue weighted by atomic mass is 16.6. The number of fused-ring (bicyclic) bond motifs is 2. The quantitative estimate of drug-likeness (QED) is 0.696. The van der Waals surface area contributed by atoms with Crippen molar-refractivity contribution in [1.29, 1.82) is 0 Å². The summed E-state index contributed by atoms with van der Waals surface area (Å²) in [7, 11) is 1.80. The predicted molar refractivity (Wildman–Crippen MR) is 123 cm³/mol. The topological polar surface area (TPSA) is 62.2 Å². The highest BCUT2D eigenvalue weighted by molar-refractivity contribution is 5.63. The molecule has 5 nitrogen and oxygen atoms in total. The van der Waals surface area contributed by atoms with E-state index in [-0.39, 0.29) is 28.6 Å². The number of phenolic OH excluding ortho intramolecular Hbond substituents is 1. The Bertz CT molecular complexity index is 1010. The SMILES string of the molecule is CO[C@]12CC[C@@]3(C[C@@H]1C(C)(C)O)[C@H]1Cc4ccc(O)c5c4[C@@]3(CCN1CC=C(C)C)[C@H]2O5. The van der Waals surface area contributed by atoms with Gasteiger partial charge in [-0.2, -0.15) is 0 Å². The Morgan fingerprint density at radius 3 is 2.75 bits per heavy atom. The molecule has 7 rings (SSSR count). The fourth-order valence-electron chi connectivity index (χ4n) is 8.90. The van der Waals surface area contributed by atoms with Crippen LogP contribution in [0.4, 0.5) is 0 Å². The maximum atomic E-state index is 11.4. The van der Waals surface area contributed by atoms with Gasteiger partial charge in [0.05, 0.1) is 5.60 Å². The second-order valence-electron chi connectivity index (χ2n) is 11.9. The minimum absolute atomic E-state index is 0.0163. The lowest BCUT2D eigenvalue weighted by Gasteiger charge is -2.74. The molecule has 32 heavy (non-hydrogen) atoms. The van der Waals surface area contributed by atoms with Crippen molar-refractivity contribution in [3.8, 4) is 11.5 Å². The summed E-state index contributed by atoms with van der Waals surface area (Å²) >= 11 is 0. The molecular weight excluding hydrogens is 402 g/mol. The van der Waals surface area contributed by atoms with Gasteiger partial charge in [-0.15, -0.1) is 0 Å². The number of benzene rings is 1. The van der Waals surface area contributed by atoms with Crippen LogP contribution in [0.25, 0.3) is 0 Å². The van der Waals surface area contributed by atoms with Crippen LogP contribution in [0.3, 0.4) is 0 Å². The van der Waals surface area contributed by atoms with Gasteiger partial charge in [0.1, 0.15) is 11.7 Å². The number of hydrogen-bond acceptors (Lipinski definition) is 5.